The van der Waals surface area contributed by atoms with Crippen LogP contribution < -0.4 is 10.1 Å². The van der Waals surface area contributed by atoms with Crippen LogP contribution in [0.4, 0.5) is 0 Å². The van der Waals surface area contributed by atoms with Gasteiger partial charge in [0.15, 0.2) is 0 Å². The highest BCUT2D eigenvalue weighted by molar-refractivity contribution is 6.00. The first-order valence-corrected chi connectivity index (χ1v) is 8.06. The molecule has 6 nitrogen and oxygen atoms in total. The van der Waals surface area contributed by atoms with E-state index in [1.165, 1.54) is 0 Å². The molecule has 0 spiro atoms. The first-order chi connectivity index (χ1) is 12.2. The summed E-state index contributed by atoms with van der Waals surface area (Å²) in [6.45, 7) is 4.58. The number of ether oxygens (including phenoxy) is 1. The Morgan fingerprint density at radius 3 is 2.72 bits per heavy atom. The van der Waals surface area contributed by atoms with E-state index in [0.29, 0.717) is 30.2 Å². The molecule has 6 heteroatoms. The number of amides is 1. The number of carbonyl (C=O) groups is 1. The zero-order valence-corrected chi connectivity index (χ0v) is 14.2. The number of rotatable bonds is 6. The van der Waals surface area contributed by atoms with E-state index in [-0.39, 0.29) is 5.91 Å². The Hall–Kier alpha value is -3.15. The van der Waals surface area contributed by atoms with Crippen molar-refractivity contribution >= 4 is 5.91 Å². The van der Waals surface area contributed by atoms with Crippen LogP contribution in [-0.4, -0.2) is 22.7 Å². The highest BCUT2D eigenvalue weighted by Crippen LogP contribution is 2.25. The van der Waals surface area contributed by atoms with Crippen LogP contribution in [0.15, 0.2) is 53.3 Å². The smallest absolute Gasteiger partial charge is 0.257 e. The number of nitrogens with zero attached hydrogens (tertiary/aromatic N) is 2. The Kier molecular flexibility index (Phi) is 5.09. The Balaban J connectivity index is 1.80. The van der Waals surface area contributed by atoms with Crippen LogP contribution >= 0.6 is 0 Å². The Morgan fingerprint density at radius 1 is 1.20 bits per heavy atom. The van der Waals surface area contributed by atoms with Gasteiger partial charge in [-0.1, -0.05) is 23.4 Å². The Morgan fingerprint density at radius 2 is 1.96 bits per heavy atom. The van der Waals surface area contributed by atoms with Crippen LogP contribution in [0.25, 0.3) is 11.3 Å². The Bertz CT molecular complexity index is 859. The summed E-state index contributed by atoms with van der Waals surface area (Å²) in [7, 11) is 0. The average Bonchev–Trinajstić information content (AvgIpc) is 3.03. The van der Waals surface area contributed by atoms with Crippen molar-refractivity contribution in [2.45, 2.75) is 20.4 Å². The zero-order valence-electron chi connectivity index (χ0n) is 14.2. The number of hydrogen-bond donors (Lipinski definition) is 1. The molecule has 0 atom stereocenters. The van der Waals surface area contributed by atoms with E-state index in [0.717, 1.165) is 16.9 Å². The summed E-state index contributed by atoms with van der Waals surface area (Å²) < 4.78 is 10.8. The molecule has 1 N–H and O–H groups in total. The molecule has 0 radical (unpaired) electrons. The van der Waals surface area contributed by atoms with Crippen LogP contribution in [0.3, 0.4) is 0 Å². The fourth-order valence-corrected chi connectivity index (χ4v) is 2.56. The molecule has 0 saturated carbocycles. The van der Waals surface area contributed by atoms with Gasteiger partial charge >= 0.3 is 0 Å². The maximum Gasteiger partial charge on any atom is 0.257 e. The quantitative estimate of drug-likeness (QED) is 0.746. The van der Waals surface area contributed by atoms with E-state index in [9.17, 15) is 4.79 Å². The highest BCUT2D eigenvalue weighted by Gasteiger charge is 2.21. The summed E-state index contributed by atoms with van der Waals surface area (Å²) in [6, 6.07) is 11.2. The van der Waals surface area contributed by atoms with Crippen molar-refractivity contribution in [3.63, 3.8) is 0 Å². The Labute approximate surface area is 145 Å². The molecule has 1 amide bonds. The molecule has 128 valence electrons. The van der Waals surface area contributed by atoms with Crippen LogP contribution in [-0.2, 0) is 6.54 Å². The molecule has 0 bridgehead atoms. The molecule has 3 rings (SSSR count). The third kappa shape index (κ3) is 3.68. The van der Waals surface area contributed by atoms with Crippen LogP contribution in [0.2, 0.25) is 0 Å². The second-order valence-electron chi connectivity index (χ2n) is 5.42. The number of para-hydroxylation sites is 1. The normalized spacial score (nSPS) is 10.5. The number of benzene rings is 1. The monoisotopic (exact) mass is 337 g/mol. The highest BCUT2D eigenvalue weighted by atomic mass is 16.5. The van der Waals surface area contributed by atoms with Gasteiger partial charge in [-0.3, -0.25) is 9.78 Å². The summed E-state index contributed by atoms with van der Waals surface area (Å²) in [5.41, 5.74) is 2.64. The van der Waals surface area contributed by atoms with Gasteiger partial charge in [0.25, 0.3) is 5.91 Å². The molecular weight excluding hydrogens is 318 g/mol. The molecule has 0 saturated heterocycles. The van der Waals surface area contributed by atoms with Gasteiger partial charge in [0.05, 0.1) is 6.61 Å². The summed E-state index contributed by atoms with van der Waals surface area (Å²) in [4.78, 5) is 16.7. The van der Waals surface area contributed by atoms with Crippen LogP contribution in [0.5, 0.6) is 5.75 Å². The topological polar surface area (TPSA) is 77.2 Å². The lowest BCUT2D eigenvalue weighted by molar-refractivity contribution is 0.0949. The van der Waals surface area contributed by atoms with Gasteiger partial charge in [0.1, 0.15) is 22.8 Å². The fourth-order valence-electron chi connectivity index (χ4n) is 2.56. The van der Waals surface area contributed by atoms with Crippen molar-refractivity contribution in [2.24, 2.45) is 0 Å². The van der Waals surface area contributed by atoms with Gasteiger partial charge < -0.3 is 14.6 Å². The number of pyridine rings is 1. The number of aromatic nitrogens is 2. The summed E-state index contributed by atoms with van der Waals surface area (Å²) in [5, 5.41) is 6.94. The zero-order chi connectivity index (χ0) is 17.6. The predicted molar refractivity (Wildman–Crippen MR) is 93.3 cm³/mol. The van der Waals surface area contributed by atoms with Gasteiger partial charge in [-0.2, -0.15) is 0 Å². The van der Waals surface area contributed by atoms with E-state index in [1.807, 2.05) is 31.2 Å². The molecule has 1 aromatic carbocycles. The molecule has 2 aromatic heterocycles. The lowest BCUT2D eigenvalue weighted by Gasteiger charge is -2.11. The standard InChI is InChI=1S/C19H19N3O3/c1-3-24-16-7-5-4-6-15(16)12-21-19(23)17-13(2)25-22-18(17)14-8-10-20-11-9-14/h4-11H,3,12H2,1-2H3,(H,21,23). The molecule has 0 aliphatic rings. The van der Waals surface area contributed by atoms with Crippen molar-refractivity contribution < 1.29 is 14.1 Å². The molecule has 3 aromatic rings. The molecule has 25 heavy (non-hydrogen) atoms. The average molecular weight is 337 g/mol. The molecular formula is C19H19N3O3. The maximum atomic E-state index is 12.7. The molecule has 0 aliphatic heterocycles. The number of carbonyl (C=O) groups excluding carboxylic acids is 1. The maximum absolute atomic E-state index is 12.7. The first kappa shape index (κ1) is 16.7. The van der Waals surface area contributed by atoms with E-state index in [4.69, 9.17) is 9.26 Å². The lowest BCUT2D eigenvalue weighted by atomic mass is 10.1. The first-order valence-electron chi connectivity index (χ1n) is 8.06. The van der Waals surface area contributed by atoms with Crippen molar-refractivity contribution in [1.82, 2.24) is 15.5 Å². The number of hydrogen-bond acceptors (Lipinski definition) is 5. The SMILES string of the molecule is CCOc1ccccc1CNC(=O)c1c(-c2ccncc2)noc1C. The minimum atomic E-state index is -0.239. The minimum absolute atomic E-state index is 0.239. The van der Waals surface area contributed by atoms with Gasteiger partial charge in [0.2, 0.25) is 0 Å². The second-order valence-corrected chi connectivity index (χ2v) is 5.42. The second kappa shape index (κ2) is 7.61. The van der Waals surface area contributed by atoms with E-state index in [2.05, 4.69) is 15.5 Å². The van der Waals surface area contributed by atoms with E-state index in [1.54, 1.807) is 31.5 Å². The summed E-state index contributed by atoms with van der Waals surface area (Å²) in [5.74, 6) is 1.00. The summed E-state index contributed by atoms with van der Waals surface area (Å²) >= 11 is 0. The third-order valence-corrected chi connectivity index (χ3v) is 3.76. The fraction of sp³-hybridized carbons (Fsp3) is 0.211. The van der Waals surface area contributed by atoms with Gasteiger partial charge in [-0.05, 0) is 32.0 Å². The van der Waals surface area contributed by atoms with Crippen molar-refractivity contribution in [1.29, 1.82) is 0 Å². The number of aryl methyl sites for hydroxylation is 1. The van der Waals surface area contributed by atoms with Crippen molar-refractivity contribution in [3.05, 3.63) is 65.7 Å². The van der Waals surface area contributed by atoms with Crippen molar-refractivity contribution in [3.8, 4) is 17.0 Å². The molecule has 0 aliphatic carbocycles. The summed E-state index contributed by atoms with van der Waals surface area (Å²) in [6.07, 6.45) is 3.30. The van der Waals surface area contributed by atoms with Crippen LogP contribution in [0, 0.1) is 6.92 Å². The van der Waals surface area contributed by atoms with E-state index >= 15 is 0 Å². The molecule has 0 fully saturated rings. The molecule has 2 heterocycles. The van der Waals surface area contributed by atoms with Gasteiger partial charge in [-0.25, -0.2) is 0 Å². The predicted octanol–water partition coefficient (Wildman–Crippen LogP) is 3.37. The van der Waals surface area contributed by atoms with E-state index < -0.39 is 0 Å². The minimum Gasteiger partial charge on any atom is -0.494 e. The molecule has 0 unspecified atom stereocenters. The van der Waals surface area contributed by atoms with Gasteiger partial charge in [-0.15, -0.1) is 0 Å². The third-order valence-electron chi connectivity index (χ3n) is 3.76. The van der Waals surface area contributed by atoms with Crippen molar-refractivity contribution in [2.75, 3.05) is 6.61 Å². The largest absolute Gasteiger partial charge is 0.494 e. The number of nitrogens with one attached hydrogen (secondary N) is 1. The van der Waals surface area contributed by atoms with Gasteiger partial charge in [0, 0.05) is 30.1 Å². The van der Waals surface area contributed by atoms with Crippen LogP contribution in [0.1, 0.15) is 28.6 Å². The lowest BCUT2D eigenvalue weighted by Crippen LogP contribution is -2.24.